The van der Waals surface area contributed by atoms with Crippen LogP contribution in [-0.2, 0) is 4.79 Å². The van der Waals surface area contributed by atoms with Crippen LogP contribution in [0.3, 0.4) is 0 Å². The number of ketones is 1. The molecule has 0 spiro atoms. The number of nitrogens with zero attached hydrogens (tertiary/aromatic N) is 3. The molecule has 1 atom stereocenters. The van der Waals surface area contributed by atoms with Crippen molar-refractivity contribution in [1.29, 1.82) is 0 Å². The van der Waals surface area contributed by atoms with Crippen LogP contribution < -0.4 is 5.32 Å². The number of hydrogen-bond donors (Lipinski definition) is 1. The molecular formula is C17H16Cl2N4O. The Bertz CT molecular complexity index is 864. The monoisotopic (exact) mass is 362 g/mol. The second-order valence-electron chi connectivity index (χ2n) is 7.02. The Hall–Kier alpha value is -1.85. The van der Waals surface area contributed by atoms with Gasteiger partial charge in [-0.25, -0.2) is 4.68 Å². The van der Waals surface area contributed by atoms with E-state index in [1.807, 2.05) is 0 Å². The van der Waals surface area contributed by atoms with Gasteiger partial charge in [-0.3, -0.25) is 4.79 Å². The SMILES string of the molecule is CC1(C)CC(=O)C2=C(C1)Nc1ncnn1[C@H]2c1c(Cl)cccc1Cl. The summed E-state index contributed by atoms with van der Waals surface area (Å²) in [5.74, 6) is 0.691. The van der Waals surface area contributed by atoms with Crippen molar-refractivity contribution in [3.63, 3.8) is 0 Å². The normalized spacial score (nSPS) is 22.0. The van der Waals surface area contributed by atoms with Crippen LogP contribution in [0.25, 0.3) is 0 Å². The highest BCUT2D eigenvalue weighted by molar-refractivity contribution is 6.36. The molecule has 0 radical (unpaired) electrons. The summed E-state index contributed by atoms with van der Waals surface area (Å²) in [5, 5.41) is 8.59. The quantitative estimate of drug-likeness (QED) is 0.823. The maximum Gasteiger partial charge on any atom is 0.226 e. The number of anilines is 1. The third-order valence-electron chi connectivity index (χ3n) is 4.55. The average molecular weight is 363 g/mol. The Labute approximate surface area is 149 Å². The zero-order chi connectivity index (χ0) is 17.1. The lowest BCUT2D eigenvalue weighted by Crippen LogP contribution is -2.36. The summed E-state index contributed by atoms with van der Waals surface area (Å²) in [6, 6.07) is 4.89. The molecule has 1 aliphatic carbocycles. The average Bonchev–Trinajstić information content (AvgIpc) is 2.92. The van der Waals surface area contributed by atoms with Crippen LogP contribution in [-0.4, -0.2) is 20.5 Å². The second-order valence-corrected chi connectivity index (χ2v) is 7.84. The van der Waals surface area contributed by atoms with Gasteiger partial charge in [0.15, 0.2) is 5.78 Å². The number of halogens is 2. The fourth-order valence-electron chi connectivity index (χ4n) is 3.59. The van der Waals surface area contributed by atoms with E-state index in [0.717, 1.165) is 12.1 Å². The maximum absolute atomic E-state index is 12.9. The summed E-state index contributed by atoms with van der Waals surface area (Å²) in [6.45, 7) is 4.18. The molecular weight excluding hydrogens is 347 g/mol. The van der Waals surface area contributed by atoms with Crippen molar-refractivity contribution in [2.45, 2.75) is 32.7 Å². The molecule has 1 aromatic heterocycles. The Balaban J connectivity index is 1.97. The van der Waals surface area contributed by atoms with Crippen molar-refractivity contribution in [2.75, 3.05) is 5.32 Å². The number of rotatable bonds is 1. The Morgan fingerprint density at radius 3 is 2.67 bits per heavy atom. The van der Waals surface area contributed by atoms with Gasteiger partial charge in [-0.15, -0.1) is 0 Å². The zero-order valence-electron chi connectivity index (χ0n) is 13.3. The van der Waals surface area contributed by atoms with Crippen LogP contribution in [0.5, 0.6) is 0 Å². The number of allylic oxidation sites excluding steroid dienone is 2. The zero-order valence-corrected chi connectivity index (χ0v) is 14.8. The van der Waals surface area contributed by atoms with Crippen molar-refractivity contribution in [3.05, 3.63) is 51.4 Å². The highest BCUT2D eigenvalue weighted by Gasteiger charge is 2.42. The molecule has 1 aromatic carbocycles. The van der Waals surface area contributed by atoms with Crippen molar-refractivity contribution in [2.24, 2.45) is 5.41 Å². The molecule has 0 amide bonds. The minimum absolute atomic E-state index is 0.0934. The minimum atomic E-state index is -0.455. The van der Waals surface area contributed by atoms with Gasteiger partial charge in [0.25, 0.3) is 0 Å². The fraction of sp³-hybridized carbons (Fsp3) is 0.353. The Morgan fingerprint density at radius 2 is 1.96 bits per heavy atom. The highest BCUT2D eigenvalue weighted by atomic mass is 35.5. The number of fused-ring (bicyclic) bond motifs is 1. The molecule has 0 fully saturated rings. The van der Waals surface area contributed by atoms with E-state index in [9.17, 15) is 4.79 Å². The Morgan fingerprint density at radius 1 is 1.25 bits per heavy atom. The highest BCUT2D eigenvalue weighted by Crippen LogP contribution is 2.47. The summed E-state index contributed by atoms with van der Waals surface area (Å²) in [6.07, 6.45) is 2.71. The number of aromatic nitrogens is 3. The van der Waals surface area contributed by atoms with Crippen LogP contribution in [0.4, 0.5) is 5.95 Å². The van der Waals surface area contributed by atoms with E-state index in [0.29, 0.717) is 33.6 Å². The first-order valence-electron chi connectivity index (χ1n) is 7.74. The van der Waals surface area contributed by atoms with E-state index in [1.165, 1.54) is 6.33 Å². The molecule has 5 nitrogen and oxygen atoms in total. The van der Waals surface area contributed by atoms with E-state index in [2.05, 4.69) is 29.2 Å². The molecule has 0 bridgehead atoms. The number of carbonyl (C=O) groups excluding carboxylic acids is 1. The molecule has 4 rings (SSSR count). The largest absolute Gasteiger partial charge is 0.328 e. The predicted octanol–water partition coefficient (Wildman–Crippen LogP) is 4.24. The molecule has 0 saturated heterocycles. The maximum atomic E-state index is 12.9. The predicted molar refractivity (Wildman–Crippen MR) is 93.3 cm³/mol. The molecule has 124 valence electrons. The molecule has 2 heterocycles. The van der Waals surface area contributed by atoms with E-state index in [-0.39, 0.29) is 11.2 Å². The van der Waals surface area contributed by atoms with Crippen molar-refractivity contribution in [3.8, 4) is 0 Å². The molecule has 7 heteroatoms. The number of carbonyl (C=O) groups is 1. The lowest BCUT2D eigenvalue weighted by molar-refractivity contribution is -0.118. The standard InChI is InChI=1S/C17H16Cl2N4O/c1-17(2)6-11-14(12(24)7-17)15(23-16(22-11)20-8-21-23)13-9(18)4-3-5-10(13)19/h3-5,8,15H,6-7H2,1-2H3,(H,20,21,22)/t15-/m0/s1. The van der Waals surface area contributed by atoms with Gasteiger partial charge in [0.1, 0.15) is 12.4 Å². The molecule has 2 aliphatic rings. The van der Waals surface area contributed by atoms with Crippen LogP contribution in [0.1, 0.15) is 38.3 Å². The lowest BCUT2D eigenvalue weighted by Gasteiger charge is -2.38. The summed E-state index contributed by atoms with van der Waals surface area (Å²) in [4.78, 5) is 17.2. The minimum Gasteiger partial charge on any atom is -0.328 e. The van der Waals surface area contributed by atoms with Crippen LogP contribution in [0.2, 0.25) is 10.0 Å². The van der Waals surface area contributed by atoms with E-state index >= 15 is 0 Å². The van der Waals surface area contributed by atoms with Gasteiger partial charge in [-0.2, -0.15) is 10.1 Å². The van der Waals surface area contributed by atoms with E-state index < -0.39 is 6.04 Å². The molecule has 2 aromatic rings. The number of Topliss-reactive ketones (excluding diaryl/α,β-unsaturated/α-hetero) is 1. The molecule has 0 saturated carbocycles. The first kappa shape index (κ1) is 15.7. The van der Waals surface area contributed by atoms with Crippen LogP contribution in [0.15, 0.2) is 35.8 Å². The number of hydrogen-bond acceptors (Lipinski definition) is 4. The van der Waals surface area contributed by atoms with Gasteiger partial charge >= 0.3 is 0 Å². The first-order valence-corrected chi connectivity index (χ1v) is 8.50. The third-order valence-corrected chi connectivity index (χ3v) is 5.21. The summed E-state index contributed by atoms with van der Waals surface area (Å²) >= 11 is 12.9. The smallest absolute Gasteiger partial charge is 0.226 e. The summed E-state index contributed by atoms with van der Waals surface area (Å²) in [5.41, 5.74) is 2.16. The molecule has 1 aliphatic heterocycles. The first-order chi connectivity index (χ1) is 11.4. The van der Waals surface area contributed by atoms with Gasteiger partial charge in [0, 0.05) is 33.3 Å². The van der Waals surface area contributed by atoms with Crippen molar-refractivity contribution >= 4 is 34.9 Å². The second kappa shape index (κ2) is 5.33. The van der Waals surface area contributed by atoms with E-state index in [4.69, 9.17) is 23.2 Å². The summed E-state index contributed by atoms with van der Waals surface area (Å²) < 4.78 is 1.68. The van der Waals surface area contributed by atoms with Crippen LogP contribution in [0, 0.1) is 5.41 Å². The summed E-state index contributed by atoms with van der Waals surface area (Å²) in [7, 11) is 0. The third kappa shape index (κ3) is 2.34. The number of benzene rings is 1. The van der Waals surface area contributed by atoms with E-state index in [1.54, 1.807) is 22.9 Å². The Kier molecular flexibility index (Phi) is 3.48. The van der Waals surface area contributed by atoms with Gasteiger partial charge in [0.2, 0.25) is 5.95 Å². The fourth-order valence-corrected chi connectivity index (χ4v) is 4.19. The molecule has 24 heavy (non-hydrogen) atoms. The van der Waals surface area contributed by atoms with Gasteiger partial charge in [0.05, 0.1) is 0 Å². The topological polar surface area (TPSA) is 59.8 Å². The molecule has 1 N–H and O–H groups in total. The molecule has 0 unspecified atom stereocenters. The van der Waals surface area contributed by atoms with Gasteiger partial charge < -0.3 is 5.32 Å². The van der Waals surface area contributed by atoms with Crippen molar-refractivity contribution < 1.29 is 4.79 Å². The van der Waals surface area contributed by atoms with Gasteiger partial charge in [-0.1, -0.05) is 43.1 Å². The van der Waals surface area contributed by atoms with Crippen molar-refractivity contribution in [1.82, 2.24) is 14.8 Å². The number of nitrogens with one attached hydrogen (secondary N) is 1. The van der Waals surface area contributed by atoms with Crippen LogP contribution >= 0.6 is 23.2 Å². The van der Waals surface area contributed by atoms with Gasteiger partial charge in [-0.05, 0) is 24.0 Å². The lowest BCUT2D eigenvalue weighted by atomic mass is 9.73.